The van der Waals surface area contributed by atoms with Gasteiger partial charge in [0.25, 0.3) is 0 Å². The molecule has 1 aliphatic heterocycles. The fourth-order valence-electron chi connectivity index (χ4n) is 4.72. The molecule has 0 amide bonds. The molecule has 4 heteroatoms. The Labute approximate surface area is 196 Å². The first-order chi connectivity index (χ1) is 15.9. The van der Waals surface area contributed by atoms with Gasteiger partial charge in [-0.1, -0.05) is 75.4 Å². The Morgan fingerprint density at radius 1 is 1.03 bits per heavy atom. The van der Waals surface area contributed by atoms with E-state index in [2.05, 4.69) is 90.6 Å². The van der Waals surface area contributed by atoms with E-state index in [0.717, 1.165) is 71.0 Å². The van der Waals surface area contributed by atoms with Crippen LogP contribution in [0.1, 0.15) is 42.0 Å². The zero-order chi connectivity index (χ0) is 23.5. The number of allylic oxidation sites excluding steroid dienone is 3. The average molecular weight is 439 g/mol. The van der Waals surface area contributed by atoms with Gasteiger partial charge in [-0.3, -0.25) is 0 Å². The van der Waals surface area contributed by atoms with Crippen LogP contribution in [0.4, 0.5) is 0 Å². The molecule has 170 valence electrons. The molecule has 3 aromatic rings. The smallest absolute Gasteiger partial charge is 0.0738 e. The van der Waals surface area contributed by atoms with Crippen molar-refractivity contribution in [3.8, 4) is 0 Å². The third kappa shape index (κ3) is 4.67. The second kappa shape index (κ2) is 9.55. The highest BCUT2D eigenvalue weighted by Gasteiger charge is 2.23. The number of hydrogen-bond acceptors (Lipinski definition) is 3. The van der Waals surface area contributed by atoms with Gasteiger partial charge in [0.05, 0.1) is 6.04 Å². The van der Waals surface area contributed by atoms with Gasteiger partial charge in [0.2, 0.25) is 0 Å². The Kier molecular flexibility index (Phi) is 6.57. The lowest BCUT2D eigenvalue weighted by molar-refractivity contribution is 0.458. The molecule has 2 aromatic carbocycles. The fourth-order valence-corrected chi connectivity index (χ4v) is 4.72. The lowest BCUT2D eigenvalue weighted by Gasteiger charge is -2.29. The molecule has 1 unspecified atom stereocenters. The highest BCUT2D eigenvalue weighted by molar-refractivity contribution is 5.87. The monoisotopic (exact) mass is 438 g/mol. The van der Waals surface area contributed by atoms with E-state index in [1.54, 1.807) is 0 Å². The summed E-state index contributed by atoms with van der Waals surface area (Å²) in [6, 6.07) is 14.9. The molecule has 4 nitrogen and oxygen atoms in total. The highest BCUT2D eigenvalue weighted by atomic mass is 15.1. The number of hydrogen-bond donors (Lipinski definition) is 3. The molecular weight excluding hydrogens is 404 g/mol. The normalized spacial score (nSPS) is 16.1. The van der Waals surface area contributed by atoms with Gasteiger partial charge in [0.1, 0.15) is 0 Å². The number of piperidine rings is 1. The second-order valence-corrected chi connectivity index (χ2v) is 8.89. The third-order valence-corrected chi connectivity index (χ3v) is 6.60. The second-order valence-electron chi connectivity index (χ2n) is 8.89. The van der Waals surface area contributed by atoms with Crippen LogP contribution in [-0.2, 0) is 19.5 Å². The van der Waals surface area contributed by atoms with Crippen LogP contribution in [-0.4, -0.2) is 4.57 Å². The fraction of sp³-hybridized carbons (Fsp3) is 0.241. The van der Waals surface area contributed by atoms with Gasteiger partial charge in [-0.25, -0.2) is 0 Å². The Hall–Kier alpha value is -3.50. The lowest BCUT2D eigenvalue weighted by Crippen LogP contribution is -2.36. The van der Waals surface area contributed by atoms with Crippen LogP contribution in [0.2, 0.25) is 0 Å². The van der Waals surface area contributed by atoms with Crippen molar-refractivity contribution in [1.29, 1.82) is 0 Å². The van der Waals surface area contributed by atoms with E-state index >= 15 is 0 Å². The van der Waals surface area contributed by atoms with Gasteiger partial charge in [-0.05, 0) is 42.4 Å². The predicted molar refractivity (Wildman–Crippen MR) is 141 cm³/mol. The quantitative estimate of drug-likeness (QED) is 0.496. The van der Waals surface area contributed by atoms with Gasteiger partial charge in [0, 0.05) is 51.7 Å². The van der Waals surface area contributed by atoms with Crippen molar-refractivity contribution in [3.63, 3.8) is 0 Å². The van der Waals surface area contributed by atoms with Crippen molar-refractivity contribution in [3.05, 3.63) is 107 Å². The number of aromatic nitrogens is 1. The maximum atomic E-state index is 5.68. The minimum absolute atomic E-state index is 0.137. The van der Waals surface area contributed by atoms with Gasteiger partial charge < -0.3 is 20.9 Å². The Morgan fingerprint density at radius 3 is 2.45 bits per heavy atom. The summed E-state index contributed by atoms with van der Waals surface area (Å²) in [7, 11) is 0. The van der Waals surface area contributed by atoms with Gasteiger partial charge in [-0.2, -0.15) is 0 Å². The molecular formula is C29H34N4. The molecule has 0 bridgehead atoms. The Morgan fingerprint density at radius 2 is 1.76 bits per heavy atom. The molecule has 0 spiro atoms. The molecule has 1 saturated heterocycles. The first kappa shape index (κ1) is 22.7. The van der Waals surface area contributed by atoms with E-state index in [1.165, 1.54) is 16.5 Å². The summed E-state index contributed by atoms with van der Waals surface area (Å²) in [6.45, 7) is 22.7. The van der Waals surface area contributed by atoms with E-state index < -0.39 is 0 Å². The van der Waals surface area contributed by atoms with Crippen molar-refractivity contribution in [2.75, 3.05) is 0 Å². The number of benzene rings is 2. The van der Waals surface area contributed by atoms with Crippen molar-refractivity contribution >= 4 is 23.9 Å². The molecule has 2 heterocycles. The highest BCUT2D eigenvalue weighted by Crippen LogP contribution is 2.27. The number of nitrogens with zero attached hydrogens (tertiary/aromatic N) is 1. The number of nitrogens with two attached hydrogens (primary N) is 1. The van der Waals surface area contributed by atoms with Crippen LogP contribution in [0.3, 0.4) is 0 Å². The maximum absolute atomic E-state index is 5.68. The predicted octanol–water partition coefficient (Wildman–Crippen LogP) is 4.11. The SMILES string of the molecule is C=C(CCc1cccc2c(=C)n(C3CCC(=C)NC3=C)c(=C)c12)NCc1ccc(CN)cc1. The van der Waals surface area contributed by atoms with E-state index in [1.807, 2.05) is 0 Å². The molecule has 1 aliphatic rings. The van der Waals surface area contributed by atoms with E-state index in [0.29, 0.717) is 6.54 Å². The van der Waals surface area contributed by atoms with E-state index in [4.69, 9.17) is 5.73 Å². The standard InChI is InChI=1S/C29H34N4/c1-19(31-18-25-13-11-24(17-30)12-14-25)9-15-26-7-6-8-27-22(4)33(23(5)29(26)27)28-16-10-20(2)32-21(28)3/h6-8,11-14,28,31-32H,1-5,9-10,15-18,30H2. The topological polar surface area (TPSA) is 55.0 Å². The summed E-state index contributed by atoms with van der Waals surface area (Å²) < 4.78 is 2.24. The summed E-state index contributed by atoms with van der Waals surface area (Å²) in [6.07, 6.45) is 3.62. The zero-order valence-corrected chi connectivity index (χ0v) is 19.4. The number of fused-ring (bicyclic) bond motifs is 1. The summed E-state index contributed by atoms with van der Waals surface area (Å²) >= 11 is 0. The van der Waals surface area contributed by atoms with Crippen LogP contribution in [0.15, 0.2) is 79.3 Å². The van der Waals surface area contributed by atoms with E-state index in [-0.39, 0.29) is 6.04 Å². The minimum atomic E-state index is 0.137. The maximum Gasteiger partial charge on any atom is 0.0738 e. The third-order valence-electron chi connectivity index (χ3n) is 6.60. The first-order valence-corrected chi connectivity index (χ1v) is 11.5. The molecule has 1 fully saturated rings. The van der Waals surface area contributed by atoms with Crippen molar-refractivity contribution in [2.45, 2.75) is 44.8 Å². The molecule has 33 heavy (non-hydrogen) atoms. The lowest BCUT2D eigenvalue weighted by atomic mass is 10.0. The summed E-state index contributed by atoms with van der Waals surface area (Å²) in [5, 5.41) is 11.1. The van der Waals surface area contributed by atoms with Gasteiger partial charge in [0.15, 0.2) is 0 Å². The summed E-state index contributed by atoms with van der Waals surface area (Å²) in [4.78, 5) is 0. The van der Waals surface area contributed by atoms with Crippen LogP contribution in [0.5, 0.6) is 0 Å². The number of rotatable bonds is 8. The number of nitrogens with one attached hydrogen (secondary N) is 2. The zero-order valence-electron chi connectivity index (χ0n) is 19.4. The van der Waals surface area contributed by atoms with Gasteiger partial charge in [-0.15, -0.1) is 0 Å². The van der Waals surface area contributed by atoms with Crippen molar-refractivity contribution in [2.24, 2.45) is 5.73 Å². The van der Waals surface area contributed by atoms with Crippen LogP contribution in [0, 0.1) is 0 Å². The van der Waals surface area contributed by atoms with Crippen LogP contribution in [0.25, 0.3) is 23.9 Å². The van der Waals surface area contributed by atoms with Crippen molar-refractivity contribution in [1.82, 2.24) is 15.2 Å². The summed E-state index contributed by atoms with van der Waals surface area (Å²) in [5.74, 6) is 0. The Bertz CT molecular complexity index is 1310. The molecule has 4 rings (SSSR count). The summed E-state index contributed by atoms with van der Waals surface area (Å²) in [5.41, 5.74) is 12.3. The molecule has 4 N–H and O–H groups in total. The molecule has 1 atom stereocenters. The number of aryl methyl sites for hydroxylation is 1. The molecule has 0 aliphatic carbocycles. The van der Waals surface area contributed by atoms with Crippen molar-refractivity contribution < 1.29 is 0 Å². The Balaban J connectivity index is 1.49. The largest absolute Gasteiger partial charge is 0.385 e. The van der Waals surface area contributed by atoms with E-state index in [9.17, 15) is 0 Å². The molecule has 1 aromatic heterocycles. The molecule has 0 radical (unpaired) electrons. The molecule has 0 saturated carbocycles. The average Bonchev–Trinajstić information content (AvgIpc) is 3.07. The van der Waals surface area contributed by atoms with Crippen LogP contribution < -0.4 is 27.1 Å². The first-order valence-electron chi connectivity index (χ1n) is 11.5. The van der Waals surface area contributed by atoms with Gasteiger partial charge >= 0.3 is 0 Å². The minimum Gasteiger partial charge on any atom is -0.385 e. The van der Waals surface area contributed by atoms with Crippen LogP contribution >= 0.6 is 0 Å².